The monoisotopic (exact) mass is 356 g/mol. The summed E-state index contributed by atoms with van der Waals surface area (Å²) >= 11 is 0. The molecule has 3 nitrogen and oxygen atoms in total. The van der Waals surface area contributed by atoms with Crippen LogP contribution >= 0.6 is 0 Å². The number of aliphatic carboxylic acids is 1. The molecule has 0 aromatic carbocycles. The summed E-state index contributed by atoms with van der Waals surface area (Å²) < 4.78 is 0. The molecule has 0 spiro atoms. The van der Waals surface area contributed by atoms with Crippen molar-refractivity contribution in [2.24, 2.45) is 0 Å². The Bertz CT molecular complexity index is 274. The van der Waals surface area contributed by atoms with E-state index in [0.717, 1.165) is 25.7 Å². The van der Waals surface area contributed by atoms with E-state index in [2.05, 4.69) is 19.9 Å². The third-order valence-corrected chi connectivity index (χ3v) is 4.19. The topological polar surface area (TPSA) is 57.5 Å². The normalized spacial score (nSPS) is 10.7. The lowest BCUT2D eigenvalue weighted by Crippen LogP contribution is -1.93. The van der Waals surface area contributed by atoms with Crippen LogP contribution < -0.4 is 0 Å². The van der Waals surface area contributed by atoms with E-state index < -0.39 is 5.97 Å². The van der Waals surface area contributed by atoms with Crippen LogP contribution in [0.5, 0.6) is 0 Å². The van der Waals surface area contributed by atoms with E-state index in [9.17, 15) is 4.79 Å². The van der Waals surface area contributed by atoms with Crippen LogP contribution in [-0.4, -0.2) is 22.8 Å². The van der Waals surface area contributed by atoms with Gasteiger partial charge >= 0.3 is 5.97 Å². The zero-order valence-corrected chi connectivity index (χ0v) is 17.0. The van der Waals surface area contributed by atoms with Gasteiger partial charge in [0.25, 0.3) is 0 Å². The minimum atomic E-state index is -0.655. The first-order chi connectivity index (χ1) is 12.2. The minimum absolute atomic E-state index is 0.274. The van der Waals surface area contributed by atoms with Gasteiger partial charge in [-0.15, -0.1) is 0 Å². The number of aliphatic hydroxyl groups is 1. The van der Waals surface area contributed by atoms with Crippen molar-refractivity contribution >= 4 is 5.97 Å². The summed E-state index contributed by atoms with van der Waals surface area (Å²) in [5.41, 5.74) is 0. The predicted molar refractivity (Wildman–Crippen MR) is 109 cm³/mol. The van der Waals surface area contributed by atoms with Gasteiger partial charge in [0.2, 0.25) is 0 Å². The van der Waals surface area contributed by atoms with E-state index >= 15 is 0 Å². The number of unbranched alkanes of at least 4 members (excludes halogenated alkanes) is 12. The lowest BCUT2D eigenvalue weighted by molar-refractivity contribution is -0.137. The van der Waals surface area contributed by atoms with Crippen LogP contribution in [0.15, 0.2) is 12.2 Å². The second-order valence-electron chi connectivity index (χ2n) is 6.78. The summed E-state index contributed by atoms with van der Waals surface area (Å²) in [5, 5.41) is 16.7. The first-order valence-electron chi connectivity index (χ1n) is 10.7. The van der Waals surface area contributed by atoms with Crippen molar-refractivity contribution in [3.8, 4) is 0 Å². The summed E-state index contributed by atoms with van der Waals surface area (Å²) in [6, 6.07) is 0. The molecule has 0 rings (SSSR count). The van der Waals surface area contributed by atoms with Gasteiger partial charge in [-0.2, -0.15) is 0 Å². The highest BCUT2D eigenvalue weighted by Gasteiger charge is 1.96. The van der Waals surface area contributed by atoms with E-state index in [4.69, 9.17) is 10.2 Å². The van der Waals surface area contributed by atoms with Gasteiger partial charge in [0.05, 0.1) is 0 Å². The maximum absolute atomic E-state index is 10.3. The van der Waals surface area contributed by atoms with E-state index in [1.165, 1.54) is 70.6 Å². The number of allylic oxidation sites excluding steroid dienone is 1. The maximum atomic E-state index is 10.3. The van der Waals surface area contributed by atoms with E-state index in [-0.39, 0.29) is 6.61 Å². The molecular formula is C22H44O3. The Labute approximate surface area is 156 Å². The summed E-state index contributed by atoms with van der Waals surface area (Å²) in [7, 11) is 0. The molecule has 0 bridgehead atoms. The summed E-state index contributed by atoms with van der Waals surface area (Å²) in [5.74, 6) is -0.655. The van der Waals surface area contributed by atoms with Crippen LogP contribution in [0.2, 0.25) is 0 Å². The number of rotatable bonds is 17. The molecule has 0 aliphatic rings. The Morgan fingerprint density at radius 3 is 1.52 bits per heavy atom. The molecule has 0 aliphatic carbocycles. The molecule has 3 heteroatoms. The number of hydrogen-bond donors (Lipinski definition) is 2. The lowest BCUT2D eigenvalue weighted by Gasteiger charge is -2.02. The molecule has 0 unspecified atom stereocenters. The number of carboxylic acid groups (broad SMARTS) is 1. The molecule has 0 aliphatic heterocycles. The number of carbonyl (C=O) groups is 1. The molecule has 0 amide bonds. The van der Waals surface area contributed by atoms with Crippen molar-refractivity contribution in [2.75, 3.05) is 6.61 Å². The van der Waals surface area contributed by atoms with Crippen molar-refractivity contribution < 1.29 is 15.0 Å². The van der Waals surface area contributed by atoms with Crippen LogP contribution in [0.25, 0.3) is 0 Å². The first kappa shape index (κ1) is 26.4. The van der Waals surface area contributed by atoms with Crippen LogP contribution in [-0.2, 0) is 4.79 Å². The fourth-order valence-electron chi connectivity index (χ4n) is 2.65. The molecule has 0 aromatic heterocycles. The summed E-state index contributed by atoms with van der Waals surface area (Å²) in [4.78, 5) is 10.3. The average molecular weight is 357 g/mol. The van der Waals surface area contributed by atoms with Crippen molar-refractivity contribution in [2.45, 2.75) is 117 Å². The SMILES string of the molecule is CC/C=C\CCO.CCCCCCCCCCCCCCCC(=O)O. The summed E-state index contributed by atoms with van der Waals surface area (Å²) in [6.45, 7) is 4.61. The highest BCUT2D eigenvalue weighted by molar-refractivity contribution is 5.66. The largest absolute Gasteiger partial charge is 0.481 e. The van der Waals surface area contributed by atoms with Gasteiger partial charge < -0.3 is 10.2 Å². The van der Waals surface area contributed by atoms with Gasteiger partial charge in [-0.1, -0.05) is 103 Å². The van der Waals surface area contributed by atoms with Gasteiger partial charge in [0.15, 0.2) is 0 Å². The highest BCUT2D eigenvalue weighted by atomic mass is 16.4. The molecular weight excluding hydrogens is 312 g/mol. The van der Waals surface area contributed by atoms with Crippen molar-refractivity contribution in [3.05, 3.63) is 12.2 Å². The Kier molecular flexibility index (Phi) is 26.8. The van der Waals surface area contributed by atoms with Crippen LogP contribution in [0.4, 0.5) is 0 Å². The molecule has 0 saturated carbocycles. The van der Waals surface area contributed by atoms with Crippen LogP contribution in [0.3, 0.4) is 0 Å². The number of aliphatic hydroxyl groups excluding tert-OH is 1. The van der Waals surface area contributed by atoms with Crippen molar-refractivity contribution in [3.63, 3.8) is 0 Å². The Morgan fingerprint density at radius 1 is 0.720 bits per heavy atom. The number of hydrogen-bond acceptors (Lipinski definition) is 2. The Hall–Kier alpha value is -0.830. The molecule has 0 fully saturated rings. The fourth-order valence-corrected chi connectivity index (χ4v) is 2.65. The lowest BCUT2D eigenvalue weighted by atomic mass is 10.0. The molecule has 0 radical (unpaired) electrons. The van der Waals surface area contributed by atoms with Crippen LogP contribution in [0.1, 0.15) is 117 Å². The molecule has 0 atom stereocenters. The smallest absolute Gasteiger partial charge is 0.303 e. The van der Waals surface area contributed by atoms with E-state index in [0.29, 0.717) is 6.42 Å². The third-order valence-electron chi connectivity index (χ3n) is 4.19. The number of carboxylic acids is 1. The second-order valence-corrected chi connectivity index (χ2v) is 6.78. The molecule has 150 valence electrons. The third kappa shape index (κ3) is 31.5. The van der Waals surface area contributed by atoms with Crippen molar-refractivity contribution in [1.29, 1.82) is 0 Å². The Morgan fingerprint density at radius 2 is 1.16 bits per heavy atom. The quantitative estimate of drug-likeness (QED) is 0.220. The van der Waals surface area contributed by atoms with E-state index in [1.54, 1.807) is 0 Å². The molecule has 2 N–H and O–H groups in total. The molecule has 0 heterocycles. The minimum Gasteiger partial charge on any atom is -0.481 e. The van der Waals surface area contributed by atoms with Crippen LogP contribution in [0, 0.1) is 0 Å². The van der Waals surface area contributed by atoms with Gasteiger partial charge in [-0.25, -0.2) is 0 Å². The van der Waals surface area contributed by atoms with Gasteiger partial charge in [-0.3, -0.25) is 4.79 Å². The van der Waals surface area contributed by atoms with Crippen molar-refractivity contribution in [1.82, 2.24) is 0 Å². The fraction of sp³-hybridized carbons (Fsp3) is 0.864. The second kappa shape index (κ2) is 25.4. The van der Waals surface area contributed by atoms with E-state index in [1.807, 2.05) is 6.08 Å². The molecule has 25 heavy (non-hydrogen) atoms. The average Bonchev–Trinajstić information content (AvgIpc) is 2.60. The standard InChI is InChI=1S/C16H32O2.C6H12O/c1-2-3-4-5-6-7-8-9-10-11-12-13-14-15-16(17)18;1-2-3-4-5-6-7/h2-15H2,1H3,(H,17,18);3-4,7H,2,5-6H2,1H3/b;4-3-. The zero-order valence-electron chi connectivity index (χ0n) is 17.0. The van der Waals surface area contributed by atoms with Gasteiger partial charge in [-0.05, 0) is 19.3 Å². The predicted octanol–water partition coefficient (Wildman–Crippen LogP) is 6.89. The summed E-state index contributed by atoms with van der Waals surface area (Å²) in [6.07, 6.45) is 23.2. The highest BCUT2D eigenvalue weighted by Crippen LogP contribution is 2.12. The van der Waals surface area contributed by atoms with Gasteiger partial charge in [0, 0.05) is 13.0 Å². The molecule has 0 saturated heterocycles. The maximum Gasteiger partial charge on any atom is 0.303 e. The zero-order chi connectivity index (χ0) is 19.0. The molecule has 0 aromatic rings. The Balaban J connectivity index is 0. The van der Waals surface area contributed by atoms with Gasteiger partial charge in [0.1, 0.15) is 0 Å². The first-order valence-corrected chi connectivity index (χ1v) is 10.7.